The van der Waals surface area contributed by atoms with Crippen molar-refractivity contribution in [1.82, 2.24) is 4.98 Å². The Balaban J connectivity index is 3.50. The normalized spacial score (nSPS) is 17.2. The Morgan fingerprint density at radius 3 is 1.78 bits per heavy atom. The van der Waals surface area contributed by atoms with E-state index in [-0.39, 0.29) is 51.4 Å². The highest BCUT2D eigenvalue weighted by molar-refractivity contribution is 7.09. The predicted octanol–water partition coefficient (Wildman–Crippen LogP) is 14.7. The van der Waals surface area contributed by atoms with Crippen LogP contribution in [0.1, 0.15) is 160 Å². The summed E-state index contributed by atoms with van der Waals surface area (Å²) in [5, 5.41) is 13.2. The van der Waals surface area contributed by atoms with Crippen molar-refractivity contribution < 1.29 is 28.0 Å². The van der Waals surface area contributed by atoms with Gasteiger partial charge in [0.25, 0.3) is 0 Å². The van der Waals surface area contributed by atoms with Crippen LogP contribution < -0.4 is 0 Å². The quantitative estimate of drug-likeness (QED) is 0.0864. The average molecular weight is 881 g/mol. The molecule has 7 nitrogen and oxygen atoms in total. The number of rotatable bonds is 23. The number of ketones is 1. The van der Waals surface area contributed by atoms with Gasteiger partial charge >= 0.3 is 5.97 Å². The first-order chi connectivity index (χ1) is 26.0. The first-order valence-corrected chi connectivity index (χ1v) is 31.7. The number of hydrogen-bond acceptors (Lipinski definition) is 7. The second kappa shape index (κ2) is 21.2. The second-order valence-electron chi connectivity index (χ2n) is 22.5. The molecule has 58 heavy (non-hydrogen) atoms. The number of Topliss-reactive ketones (excluding diaryl/α,β-unsaturated/α-hetero) is 1. The topological polar surface area (TPSA) is 95.0 Å². The SMILES string of the molecule is CCC[C@@H](C(=O)C(C)(C)[C@H](CC(=O)O)O[Si](C)(C)C(C)(C)C)[C@@H](O[Si](C)(C)C(C)(C)C)[C@@H](C)CCC/C(C)=C\C[C@H](O[Si](C)(C)C(C)(C)C)/C(C)=C/c1csc(C)n1. The lowest BCUT2D eigenvalue weighted by Gasteiger charge is -2.47. The zero-order chi connectivity index (χ0) is 45.5. The van der Waals surface area contributed by atoms with Crippen LogP contribution in [0.5, 0.6) is 0 Å². The Bertz CT molecular complexity index is 1540. The zero-order valence-corrected chi connectivity index (χ0v) is 45.2. The summed E-state index contributed by atoms with van der Waals surface area (Å²) in [6, 6.07) is 0. The van der Waals surface area contributed by atoms with Gasteiger partial charge in [0, 0.05) is 16.7 Å². The van der Waals surface area contributed by atoms with Gasteiger partial charge in [-0.05, 0) is 125 Å². The minimum atomic E-state index is -2.40. The fourth-order valence-corrected chi connectivity index (χ4v) is 11.3. The van der Waals surface area contributed by atoms with Crippen LogP contribution in [-0.2, 0) is 22.9 Å². The van der Waals surface area contributed by atoms with E-state index in [4.69, 9.17) is 18.3 Å². The molecule has 1 aromatic heterocycles. The Kier molecular flexibility index (Phi) is 20.1. The van der Waals surface area contributed by atoms with Crippen molar-refractivity contribution in [3.05, 3.63) is 33.3 Å². The van der Waals surface area contributed by atoms with Crippen LogP contribution in [0.15, 0.2) is 22.6 Å². The fraction of sp³-hybridized carbons (Fsp3) is 0.809. The Labute approximate surface area is 364 Å². The lowest BCUT2D eigenvalue weighted by molar-refractivity contribution is -0.147. The average Bonchev–Trinajstić information content (AvgIpc) is 3.45. The number of nitrogens with zero attached hydrogens (tertiary/aromatic N) is 1. The Morgan fingerprint density at radius 1 is 0.828 bits per heavy atom. The van der Waals surface area contributed by atoms with Gasteiger partial charge in [-0.15, -0.1) is 11.3 Å². The standard InChI is InChI=1S/C47H89NO6SSi3/c1-23-25-38(43(51)47(15,16)40(31-41(49)50)53-57(19,20)45(9,10)11)42(54-58(21,22)46(12,13)14)34(3)27-24-26-33(2)28-29-39(52-56(17,18)44(6,7)8)35(4)30-37-32-55-36(5)48-37/h28,30,32,34,38-40,42H,23-27,29,31H2,1-22H3,(H,49,50)/b33-28-,35-30+/t34-,38+,39-,40-,42-/m0/s1. The van der Waals surface area contributed by atoms with E-state index < -0.39 is 42.4 Å². The summed E-state index contributed by atoms with van der Waals surface area (Å²) >= 11 is 1.67. The highest BCUT2D eigenvalue weighted by Crippen LogP contribution is 2.45. The summed E-state index contributed by atoms with van der Waals surface area (Å²) in [6.07, 6.45) is 8.51. The molecule has 0 aromatic carbocycles. The van der Waals surface area contributed by atoms with Crippen molar-refractivity contribution in [1.29, 1.82) is 0 Å². The van der Waals surface area contributed by atoms with E-state index in [2.05, 4.69) is 147 Å². The van der Waals surface area contributed by atoms with Gasteiger partial charge in [0.05, 0.1) is 35.4 Å². The van der Waals surface area contributed by atoms with Gasteiger partial charge in [-0.2, -0.15) is 0 Å². The number of carbonyl (C=O) groups is 2. The maximum Gasteiger partial charge on any atom is 0.305 e. The molecule has 0 aliphatic carbocycles. The van der Waals surface area contributed by atoms with Crippen molar-refractivity contribution in [3.8, 4) is 0 Å². The number of carbonyl (C=O) groups excluding carboxylic acids is 1. The molecule has 1 rings (SSSR count). The molecule has 336 valence electrons. The molecular formula is C47H89NO6SSi3. The van der Waals surface area contributed by atoms with E-state index in [1.807, 2.05) is 20.8 Å². The molecule has 0 unspecified atom stereocenters. The maximum absolute atomic E-state index is 15.1. The summed E-state index contributed by atoms with van der Waals surface area (Å²) in [5.74, 6) is -1.13. The molecule has 1 N–H and O–H groups in total. The van der Waals surface area contributed by atoms with Crippen molar-refractivity contribution in [3.63, 3.8) is 0 Å². The summed E-state index contributed by atoms with van der Waals surface area (Å²) < 4.78 is 21.2. The third-order valence-corrected chi connectivity index (χ3v) is 28.1. The van der Waals surface area contributed by atoms with Gasteiger partial charge < -0.3 is 18.4 Å². The van der Waals surface area contributed by atoms with Crippen molar-refractivity contribution in [2.75, 3.05) is 0 Å². The highest BCUT2D eigenvalue weighted by atomic mass is 32.1. The van der Waals surface area contributed by atoms with Crippen LogP contribution >= 0.6 is 11.3 Å². The molecule has 0 saturated heterocycles. The molecule has 0 spiro atoms. The first kappa shape index (κ1) is 54.8. The van der Waals surface area contributed by atoms with E-state index >= 15 is 4.79 Å². The molecule has 1 heterocycles. The Morgan fingerprint density at radius 2 is 1.33 bits per heavy atom. The molecule has 11 heteroatoms. The van der Waals surface area contributed by atoms with Gasteiger partial charge in [0.15, 0.2) is 25.0 Å². The minimum Gasteiger partial charge on any atom is -0.481 e. The van der Waals surface area contributed by atoms with Crippen molar-refractivity contribution in [2.24, 2.45) is 17.3 Å². The number of allylic oxidation sites excluding steroid dienone is 1. The first-order valence-electron chi connectivity index (χ1n) is 22.1. The van der Waals surface area contributed by atoms with E-state index in [1.54, 1.807) is 11.3 Å². The van der Waals surface area contributed by atoms with E-state index in [9.17, 15) is 9.90 Å². The van der Waals surface area contributed by atoms with Gasteiger partial charge in [0.1, 0.15) is 5.78 Å². The third kappa shape index (κ3) is 15.9. The van der Waals surface area contributed by atoms with Crippen molar-refractivity contribution >= 4 is 54.1 Å². The summed E-state index contributed by atoms with van der Waals surface area (Å²) in [4.78, 5) is 32.1. The van der Waals surface area contributed by atoms with Crippen LogP contribution in [0.3, 0.4) is 0 Å². The van der Waals surface area contributed by atoms with Crippen LogP contribution in [0.25, 0.3) is 6.08 Å². The van der Waals surface area contributed by atoms with Crippen LogP contribution in [0.4, 0.5) is 0 Å². The van der Waals surface area contributed by atoms with Gasteiger partial charge in [-0.25, -0.2) is 4.98 Å². The summed E-state index contributed by atoms with van der Waals surface area (Å²) in [7, 11) is -6.74. The number of aryl methyl sites for hydroxylation is 1. The number of aliphatic carboxylic acids is 1. The molecule has 0 aliphatic rings. The molecule has 0 saturated carbocycles. The molecule has 0 fully saturated rings. The predicted molar refractivity (Wildman–Crippen MR) is 258 cm³/mol. The molecule has 0 amide bonds. The van der Waals surface area contributed by atoms with Crippen LogP contribution in [0, 0.1) is 24.2 Å². The number of carboxylic acid groups (broad SMARTS) is 1. The summed E-state index contributed by atoms with van der Waals surface area (Å²) in [5.41, 5.74) is 2.53. The lowest BCUT2D eigenvalue weighted by Crippen LogP contribution is -2.55. The molecule has 1 aromatic rings. The molecule has 0 radical (unpaired) electrons. The number of aromatic nitrogens is 1. The fourth-order valence-electron chi connectivity index (χ4n) is 6.55. The van der Waals surface area contributed by atoms with E-state index in [0.29, 0.717) is 6.42 Å². The van der Waals surface area contributed by atoms with Crippen LogP contribution in [0.2, 0.25) is 54.4 Å². The minimum absolute atomic E-state index is 0.0196. The van der Waals surface area contributed by atoms with Gasteiger partial charge in [-0.3, -0.25) is 9.59 Å². The van der Waals surface area contributed by atoms with Crippen molar-refractivity contribution in [2.45, 2.75) is 228 Å². The van der Waals surface area contributed by atoms with E-state index in [0.717, 1.165) is 42.8 Å². The maximum atomic E-state index is 15.1. The second-order valence-corrected chi connectivity index (χ2v) is 37.8. The van der Waals surface area contributed by atoms with Gasteiger partial charge in [-0.1, -0.05) is 108 Å². The van der Waals surface area contributed by atoms with E-state index in [1.165, 1.54) is 11.1 Å². The molecule has 0 aliphatic heterocycles. The zero-order valence-electron chi connectivity index (χ0n) is 41.4. The Hall–Kier alpha value is -1.22. The smallest absolute Gasteiger partial charge is 0.305 e. The van der Waals surface area contributed by atoms with Gasteiger partial charge in [0.2, 0.25) is 0 Å². The molecular weight excluding hydrogens is 791 g/mol. The number of carboxylic acids is 1. The lowest BCUT2D eigenvalue weighted by atomic mass is 9.71. The number of thiazole rings is 1. The highest BCUT2D eigenvalue weighted by Gasteiger charge is 2.50. The largest absolute Gasteiger partial charge is 0.481 e. The molecule has 5 atom stereocenters. The number of hydrogen-bond donors (Lipinski definition) is 1. The monoisotopic (exact) mass is 880 g/mol. The van der Waals surface area contributed by atoms with Crippen LogP contribution in [-0.4, -0.2) is 65.1 Å². The molecule has 0 bridgehead atoms. The summed E-state index contributed by atoms with van der Waals surface area (Å²) in [6.45, 7) is 48.2. The third-order valence-electron chi connectivity index (χ3n) is 13.8.